The molecule has 0 spiro atoms. The topological polar surface area (TPSA) is 71.7 Å². The molecule has 6 rings (SSSR count). The van der Waals surface area contributed by atoms with E-state index in [4.69, 9.17) is 4.74 Å². The van der Waals surface area contributed by atoms with E-state index in [-0.39, 0.29) is 17.1 Å². The highest BCUT2D eigenvalue weighted by molar-refractivity contribution is 5.84. The largest absolute Gasteiger partial charge is 0.497 e. The summed E-state index contributed by atoms with van der Waals surface area (Å²) in [6.45, 7) is 3.19. The fraction of sp³-hybridized carbons (Fsp3) is 0.312. The third-order valence-electron chi connectivity index (χ3n) is 8.12. The fourth-order valence-electron chi connectivity index (χ4n) is 6.07. The van der Waals surface area contributed by atoms with Gasteiger partial charge in [0.2, 0.25) is 0 Å². The number of rotatable bonds is 8. The van der Waals surface area contributed by atoms with Crippen LogP contribution in [0.5, 0.6) is 5.75 Å². The molecule has 1 aliphatic heterocycles. The lowest BCUT2D eigenvalue weighted by molar-refractivity contribution is 0.204. The van der Waals surface area contributed by atoms with Gasteiger partial charge < -0.3 is 14.6 Å². The molecule has 7 nitrogen and oxygen atoms in total. The molecule has 1 unspecified atom stereocenters. The standard InChI is InChI=1S/C32H33FN4O3/c1-40-25-12-9-22(10-13-25)30-29-8-2-3-17-36(29)32(39)37(31(30)38)18-5-4-15-35-16-6-7-23(21-35)27-20-34-28-14-11-24(33)19-26(27)28/h2-3,8-14,17,19-20,23,34H,4-7,15-16,18,21H2,1H3. The maximum Gasteiger partial charge on any atom is 0.335 e. The van der Waals surface area contributed by atoms with Crippen LogP contribution in [0.1, 0.15) is 37.2 Å². The molecule has 40 heavy (non-hydrogen) atoms. The van der Waals surface area contributed by atoms with E-state index in [1.54, 1.807) is 35.9 Å². The number of nitrogens with one attached hydrogen (secondary N) is 1. The summed E-state index contributed by atoms with van der Waals surface area (Å²) in [5.74, 6) is 0.846. The van der Waals surface area contributed by atoms with E-state index in [0.717, 1.165) is 61.8 Å². The summed E-state index contributed by atoms with van der Waals surface area (Å²) in [7, 11) is 1.60. The van der Waals surface area contributed by atoms with Gasteiger partial charge in [-0.2, -0.15) is 0 Å². The summed E-state index contributed by atoms with van der Waals surface area (Å²) in [6, 6.07) is 17.7. The van der Waals surface area contributed by atoms with Crippen LogP contribution < -0.4 is 16.0 Å². The zero-order valence-electron chi connectivity index (χ0n) is 22.6. The van der Waals surface area contributed by atoms with Crippen LogP contribution in [0, 0.1) is 5.82 Å². The normalized spacial score (nSPS) is 16.1. The summed E-state index contributed by atoms with van der Waals surface area (Å²) >= 11 is 0. The molecule has 206 valence electrons. The predicted molar refractivity (Wildman–Crippen MR) is 156 cm³/mol. The quantitative estimate of drug-likeness (QED) is 0.267. The molecule has 0 amide bonds. The van der Waals surface area contributed by atoms with Gasteiger partial charge in [-0.15, -0.1) is 0 Å². The van der Waals surface area contributed by atoms with Crippen molar-refractivity contribution < 1.29 is 9.13 Å². The molecule has 1 N–H and O–H groups in total. The van der Waals surface area contributed by atoms with Crippen LogP contribution in [0.3, 0.4) is 0 Å². The first-order valence-corrected chi connectivity index (χ1v) is 13.9. The van der Waals surface area contributed by atoms with Crippen molar-refractivity contribution in [3.8, 4) is 16.9 Å². The first kappa shape index (κ1) is 26.1. The van der Waals surface area contributed by atoms with Crippen molar-refractivity contribution in [2.75, 3.05) is 26.7 Å². The van der Waals surface area contributed by atoms with Gasteiger partial charge in [-0.05, 0) is 98.3 Å². The minimum absolute atomic E-state index is 0.212. The molecule has 0 aliphatic carbocycles. The zero-order valence-corrected chi connectivity index (χ0v) is 22.6. The van der Waals surface area contributed by atoms with Gasteiger partial charge in [0.05, 0.1) is 18.2 Å². The Hall–Kier alpha value is -4.17. The number of ether oxygens (including phenoxy) is 1. The molecule has 5 aromatic rings. The third kappa shape index (κ3) is 4.95. The third-order valence-corrected chi connectivity index (χ3v) is 8.12. The van der Waals surface area contributed by atoms with Crippen LogP contribution in [-0.4, -0.2) is 45.6 Å². The maximum absolute atomic E-state index is 13.9. The number of halogens is 1. The van der Waals surface area contributed by atoms with Crippen molar-refractivity contribution in [3.63, 3.8) is 0 Å². The molecular weight excluding hydrogens is 507 g/mol. The van der Waals surface area contributed by atoms with Crippen LogP contribution >= 0.6 is 0 Å². The summed E-state index contributed by atoms with van der Waals surface area (Å²) < 4.78 is 22.1. The summed E-state index contributed by atoms with van der Waals surface area (Å²) in [6.07, 6.45) is 7.50. The van der Waals surface area contributed by atoms with Crippen LogP contribution in [0.25, 0.3) is 27.5 Å². The van der Waals surface area contributed by atoms with Gasteiger partial charge in [0.1, 0.15) is 11.6 Å². The molecule has 1 fully saturated rings. The average Bonchev–Trinajstić information content (AvgIpc) is 3.40. The number of methoxy groups -OCH3 is 1. The fourth-order valence-corrected chi connectivity index (χ4v) is 6.07. The second-order valence-electron chi connectivity index (χ2n) is 10.6. The summed E-state index contributed by atoms with van der Waals surface area (Å²) in [5, 5.41) is 0.968. The van der Waals surface area contributed by atoms with Gasteiger partial charge in [-0.25, -0.2) is 9.18 Å². The summed E-state index contributed by atoms with van der Waals surface area (Å²) in [4.78, 5) is 32.7. The molecule has 1 atom stereocenters. The lowest BCUT2D eigenvalue weighted by Crippen LogP contribution is -2.39. The van der Waals surface area contributed by atoms with E-state index in [1.165, 1.54) is 16.2 Å². The Morgan fingerprint density at radius 1 is 1.02 bits per heavy atom. The maximum atomic E-state index is 13.9. The second-order valence-corrected chi connectivity index (χ2v) is 10.6. The van der Waals surface area contributed by atoms with E-state index in [1.807, 2.05) is 42.6 Å². The van der Waals surface area contributed by atoms with E-state index in [0.29, 0.717) is 29.3 Å². The van der Waals surface area contributed by atoms with Crippen molar-refractivity contribution >= 4 is 16.4 Å². The van der Waals surface area contributed by atoms with Crippen molar-refractivity contribution in [2.45, 2.75) is 38.1 Å². The number of aromatic amines is 1. The molecule has 4 heterocycles. The number of aromatic nitrogens is 3. The molecule has 0 bridgehead atoms. The minimum atomic E-state index is -0.317. The van der Waals surface area contributed by atoms with Gasteiger partial charge in [0.15, 0.2) is 0 Å². The van der Waals surface area contributed by atoms with E-state index in [9.17, 15) is 14.0 Å². The molecule has 8 heteroatoms. The Bertz CT molecular complexity index is 1770. The van der Waals surface area contributed by atoms with E-state index in [2.05, 4.69) is 9.88 Å². The minimum Gasteiger partial charge on any atom is -0.497 e. The Morgan fingerprint density at radius 2 is 1.85 bits per heavy atom. The number of H-pyrrole nitrogens is 1. The van der Waals surface area contributed by atoms with Gasteiger partial charge in [-0.3, -0.25) is 13.8 Å². The lowest BCUT2D eigenvalue weighted by Gasteiger charge is -2.32. The number of unbranched alkanes of at least 4 members (excludes halogenated alkanes) is 1. The van der Waals surface area contributed by atoms with Gasteiger partial charge >= 0.3 is 5.69 Å². The molecule has 0 saturated carbocycles. The smallest absolute Gasteiger partial charge is 0.335 e. The highest BCUT2D eigenvalue weighted by Gasteiger charge is 2.23. The van der Waals surface area contributed by atoms with Crippen LogP contribution in [0.2, 0.25) is 0 Å². The van der Waals surface area contributed by atoms with Gasteiger partial charge in [0, 0.05) is 36.4 Å². The lowest BCUT2D eigenvalue weighted by atomic mass is 9.90. The highest BCUT2D eigenvalue weighted by atomic mass is 19.1. The van der Waals surface area contributed by atoms with Crippen molar-refractivity contribution in [3.05, 3.63) is 105 Å². The van der Waals surface area contributed by atoms with Crippen LogP contribution in [0.4, 0.5) is 4.39 Å². The number of pyridine rings is 1. The first-order chi connectivity index (χ1) is 19.5. The Kier molecular flexibility index (Phi) is 7.26. The van der Waals surface area contributed by atoms with Crippen molar-refractivity contribution in [1.29, 1.82) is 0 Å². The molecular formula is C32H33FN4O3. The Balaban J connectivity index is 1.17. The molecule has 2 aromatic carbocycles. The summed E-state index contributed by atoms with van der Waals surface area (Å²) in [5.41, 5.74) is 3.41. The number of nitrogens with zero attached hydrogens (tertiary/aromatic N) is 3. The molecule has 0 radical (unpaired) electrons. The molecule has 3 aromatic heterocycles. The Labute approximate surface area is 231 Å². The molecule has 1 saturated heterocycles. The number of hydrogen-bond donors (Lipinski definition) is 1. The molecule has 1 aliphatic rings. The van der Waals surface area contributed by atoms with E-state index >= 15 is 0 Å². The predicted octanol–water partition coefficient (Wildman–Crippen LogP) is 5.42. The average molecular weight is 541 g/mol. The number of benzene rings is 2. The first-order valence-electron chi connectivity index (χ1n) is 13.9. The van der Waals surface area contributed by atoms with Gasteiger partial charge in [0.25, 0.3) is 5.56 Å². The Morgan fingerprint density at radius 3 is 2.67 bits per heavy atom. The van der Waals surface area contributed by atoms with Crippen LogP contribution in [0.15, 0.2) is 82.6 Å². The number of piperidine rings is 1. The van der Waals surface area contributed by atoms with Crippen molar-refractivity contribution in [1.82, 2.24) is 18.9 Å². The zero-order chi connectivity index (χ0) is 27.6. The number of fused-ring (bicyclic) bond motifs is 2. The number of hydrogen-bond acceptors (Lipinski definition) is 4. The van der Waals surface area contributed by atoms with Gasteiger partial charge in [-0.1, -0.05) is 18.2 Å². The monoisotopic (exact) mass is 540 g/mol. The van der Waals surface area contributed by atoms with Crippen LogP contribution in [-0.2, 0) is 6.54 Å². The SMILES string of the molecule is COc1ccc(-c2c(=O)n(CCCCN3CCCC(c4c[nH]c5ccc(F)cc45)C3)c(=O)n3ccccc23)cc1. The second kappa shape index (κ2) is 11.1. The van der Waals surface area contributed by atoms with E-state index < -0.39 is 0 Å². The highest BCUT2D eigenvalue weighted by Crippen LogP contribution is 2.32. The van der Waals surface area contributed by atoms with Crippen molar-refractivity contribution in [2.24, 2.45) is 0 Å². The number of likely N-dealkylation sites (tertiary alicyclic amines) is 1.